The van der Waals surface area contributed by atoms with Gasteiger partial charge >= 0.3 is 6.03 Å². The summed E-state index contributed by atoms with van der Waals surface area (Å²) in [6.07, 6.45) is 5.35. The molecule has 7 nitrogen and oxygen atoms in total. The lowest BCUT2D eigenvalue weighted by molar-refractivity contribution is -0.115. The Balaban J connectivity index is 2.53. The smallest absolute Gasteiger partial charge is 0.329 e. The highest BCUT2D eigenvalue weighted by Gasteiger charge is 2.12. The Morgan fingerprint density at radius 1 is 1.56 bits per heavy atom. The summed E-state index contributed by atoms with van der Waals surface area (Å²) in [6, 6.07) is -0.538. The third kappa shape index (κ3) is 3.62. The number of urea groups is 1. The fourth-order valence-electron chi connectivity index (χ4n) is 1.01. The molecule has 0 aliphatic heterocycles. The van der Waals surface area contributed by atoms with Gasteiger partial charge in [0.05, 0.1) is 6.20 Å². The average molecular weight is 223 g/mol. The Labute approximate surface area is 92.7 Å². The summed E-state index contributed by atoms with van der Waals surface area (Å²) in [5.74, 6) is 0.298. The molecule has 0 fully saturated rings. The van der Waals surface area contributed by atoms with Crippen LogP contribution < -0.4 is 11.1 Å². The highest BCUT2D eigenvalue weighted by Crippen LogP contribution is 1.99. The van der Waals surface area contributed by atoms with Gasteiger partial charge in [-0.3, -0.25) is 20.0 Å². The molecule has 0 radical (unpaired) electrons. The van der Waals surface area contributed by atoms with Crippen LogP contribution in [0.1, 0.15) is 6.42 Å². The number of carbonyl (C=O) groups excluding carboxylic acids is 2. The van der Waals surface area contributed by atoms with Crippen LogP contribution in [0.2, 0.25) is 0 Å². The fraction of sp³-hybridized carbons (Fsp3) is 0.333. The minimum Gasteiger partial charge on any atom is -0.330 e. The zero-order chi connectivity index (χ0) is 11.8. The molecule has 7 heteroatoms. The highest BCUT2D eigenvalue weighted by molar-refractivity contribution is 5.94. The van der Waals surface area contributed by atoms with Gasteiger partial charge in [0.15, 0.2) is 5.82 Å². The molecule has 86 valence electrons. The van der Waals surface area contributed by atoms with E-state index < -0.39 is 6.03 Å². The van der Waals surface area contributed by atoms with Crippen LogP contribution >= 0.6 is 0 Å². The van der Waals surface area contributed by atoms with Crippen molar-refractivity contribution in [1.82, 2.24) is 14.9 Å². The van der Waals surface area contributed by atoms with E-state index in [1.807, 2.05) is 0 Å². The molecular formula is C9H13N5O2. The molecule has 16 heavy (non-hydrogen) atoms. The zero-order valence-corrected chi connectivity index (χ0v) is 8.67. The van der Waals surface area contributed by atoms with Gasteiger partial charge in [0, 0.05) is 18.9 Å². The lowest BCUT2D eigenvalue weighted by Gasteiger charge is -2.14. The number of rotatable bonds is 5. The van der Waals surface area contributed by atoms with Crippen molar-refractivity contribution in [2.75, 3.05) is 18.4 Å². The van der Waals surface area contributed by atoms with Crippen molar-refractivity contribution in [2.24, 2.45) is 5.73 Å². The van der Waals surface area contributed by atoms with Gasteiger partial charge in [0.1, 0.15) is 0 Å². The average Bonchev–Trinajstić information content (AvgIpc) is 2.31. The Hall–Kier alpha value is -2.02. The number of carbonyl (C=O) groups is 2. The number of nitrogens with one attached hydrogen (secondary N) is 1. The lowest BCUT2D eigenvalue weighted by atomic mass is 10.4. The summed E-state index contributed by atoms with van der Waals surface area (Å²) >= 11 is 0. The van der Waals surface area contributed by atoms with Gasteiger partial charge in [0.2, 0.25) is 6.41 Å². The normalized spacial score (nSPS) is 9.56. The van der Waals surface area contributed by atoms with Crippen LogP contribution in [0, 0.1) is 0 Å². The summed E-state index contributed by atoms with van der Waals surface area (Å²) in [4.78, 5) is 30.8. The van der Waals surface area contributed by atoms with E-state index >= 15 is 0 Å². The Morgan fingerprint density at radius 2 is 2.38 bits per heavy atom. The summed E-state index contributed by atoms with van der Waals surface area (Å²) < 4.78 is 0. The SMILES string of the molecule is NCCCN(C=O)C(=O)Nc1cnccn1. The number of amides is 3. The third-order valence-electron chi connectivity index (χ3n) is 1.79. The van der Waals surface area contributed by atoms with E-state index in [1.54, 1.807) is 0 Å². The van der Waals surface area contributed by atoms with Crippen molar-refractivity contribution < 1.29 is 9.59 Å². The molecule has 3 amide bonds. The highest BCUT2D eigenvalue weighted by atomic mass is 16.2. The van der Waals surface area contributed by atoms with E-state index in [0.717, 1.165) is 4.90 Å². The van der Waals surface area contributed by atoms with Gasteiger partial charge in [-0.15, -0.1) is 0 Å². The van der Waals surface area contributed by atoms with Crippen molar-refractivity contribution in [3.8, 4) is 0 Å². The van der Waals surface area contributed by atoms with Crippen molar-refractivity contribution in [3.63, 3.8) is 0 Å². The van der Waals surface area contributed by atoms with Crippen LogP contribution in [0.25, 0.3) is 0 Å². The van der Waals surface area contributed by atoms with Gasteiger partial charge < -0.3 is 5.73 Å². The predicted octanol–water partition coefficient (Wildman–Crippen LogP) is -0.184. The van der Waals surface area contributed by atoms with E-state index in [-0.39, 0.29) is 6.54 Å². The number of aromatic nitrogens is 2. The molecule has 0 aliphatic carbocycles. The van der Waals surface area contributed by atoms with Crippen LogP contribution in [0.5, 0.6) is 0 Å². The van der Waals surface area contributed by atoms with Gasteiger partial charge in [-0.25, -0.2) is 9.78 Å². The maximum atomic E-state index is 11.5. The zero-order valence-electron chi connectivity index (χ0n) is 8.67. The second-order valence-electron chi connectivity index (χ2n) is 2.96. The number of anilines is 1. The largest absolute Gasteiger partial charge is 0.330 e. The Morgan fingerprint density at radius 3 is 2.94 bits per heavy atom. The van der Waals surface area contributed by atoms with Gasteiger partial charge in [-0.1, -0.05) is 0 Å². The molecule has 1 aromatic heterocycles. The first-order chi connectivity index (χ1) is 7.77. The maximum Gasteiger partial charge on any atom is 0.329 e. The second kappa shape index (κ2) is 6.46. The molecule has 0 bridgehead atoms. The molecule has 0 atom stereocenters. The lowest BCUT2D eigenvalue weighted by Crippen LogP contribution is -2.35. The number of nitrogens with two attached hydrogens (primary N) is 1. The summed E-state index contributed by atoms with van der Waals surface area (Å²) in [5.41, 5.74) is 5.29. The van der Waals surface area contributed by atoms with E-state index in [0.29, 0.717) is 25.2 Å². The third-order valence-corrected chi connectivity index (χ3v) is 1.79. The first kappa shape index (κ1) is 12.1. The molecular weight excluding hydrogens is 210 g/mol. The molecule has 1 aromatic rings. The quantitative estimate of drug-likeness (QED) is 0.674. The van der Waals surface area contributed by atoms with Crippen molar-refractivity contribution in [2.45, 2.75) is 6.42 Å². The fourth-order valence-corrected chi connectivity index (χ4v) is 1.01. The van der Waals surface area contributed by atoms with Gasteiger partial charge in [-0.05, 0) is 13.0 Å². The first-order valence-electron chi connectivity index (χ1n) is 4.77. The molecule has 0 aromatic carbocycles. The van der Waals surface area contributed by atoms with Crippen LogP contribution in [0.3, 0.4) is 0 Å². The number of nitrogens with zero attached hydrogens (tertiary/aromatic N) is 3. The molecule has 0 unspecified atom stereocenters. The molecule has 3 N–H and O–H groups in total. The number of hydrogen-bond acceptors (Lipinski definition) is 5. The Bertz CT molecular complexity index is 343. The summed E-state index contributed by atoms with van der Waals surface area (Å²) in [6.45, 7) is 0.703. The van der Waals surface area contributed by atoms with Crippen LogP contribution in [0.4, 0.5) is 10.6 Å². The molecule has 0 spiro atoms. The molecule has 0 saturated heterocycles. The molecule has 1 heterocycles. The predicted molar refractivity (Wildman–Crippen MR) is 57.5 cm³/mol. The molecule has 1 rings (SSSR count). The minimum absolute atomic E-state index is 0.284. The summed E-state index contributed by atoms with van der Waals surface area (Å²) in [7, 11) is 0. The summed E-state index contributed by atoms with van der Waals surface area (Å²) in [5, 5.41) is 2.44. The van der Waals surface area contributed by atoms with Crippen molar-refractivity contribution >= 4 is 18.3 Å². The second-order valence-corrected chi connectivity index (χ2v) is 2.96. The number of imide groups is 1. The molecule has 0 saturated carbocycles. The molecule has 0 aliphatic rings. The monoisotopic (exact) mass is 223 g/mol. The van der Waals surface area contributed by atoms with Crippen molar-refractivity contribution in [1.29, 1.82) is 0 Å². The van der Waals surface area contributed by atoms with Gasteiger partial charge in [-0.2, -0.15) is 0 Å². The topological polar surface area (TPSA) is 101 Å². The van der Waals surface area contributed by atoms with Crippen LogP contribution in [0.15, 0.2) is 18.6 Å². The van der Waals surface area contributed by atoms with Gasteiger partial charge in [0.25, 0.3) is 0 Å². The van der Waals surface area contributed by atoms with E-state index in [2.05, 4.69) is 15.3 Å². The maximum absolute atomic E-state index is 11.5. The van der Waals surface area contributed by atoms with Crippen LogP contribution in [-0.2, 0) is 4.79 Å². The standard InChI is InChI=1S/C9H13N5O2/c10-2-1-5-14(7-15)9(16)13-8-6-11-3-4-12-8/h3-4,6-7H,1-2,5,10H2,(H,12,13,16). The van der Waals surface area contributed by atoms with Crippen LogP contribution in [-0.4, -0.2) is 40.4 Å². The first-order valence-corrected chi connectivity index (χ1v) is 4.77. The van der Waals surface area contributed by atoms with E-state index in [1.165, 1.54) is 18.6 Å². The van der Waals surface area contributed by atoms with E-state index in [9.17, 15) is 9.59 Å². The Kier molecular flexibility index (Phi) is 4.87. The van der Waals surface area contributed by atoms with E-state index in [4.69, 9.17) is 5.73 Å². The minimum atomic E-state index is -0.538. The van der Waals surface area contributed by atoms with Crippen molar-refractivity contribution in [3.05, 3.63) is 18.6 Å². The number of hydrogen-bond donors (Lipinski definition) is 2.